The number of hydrogen-bond donors (Lipinski definition) is 2. The van der Waals surface area contributed by atoms with Crippen LogP contribution in [0.3, 0.4) is 0 Å². The Morgan fingerprint density at radius 2 is 1.92 bits per heavy atom. The molecule has 0 fully saturated rings. The van der Waals surface area contributed by atoms with Gasteiger partial charge in [-0.2, -0.15) is 4.31 Å². The molecule has 1 aromatic heterocycles. The standard InChI is InChI=1S/C15H28N4O2S2.HI/c1-6-19(7-2)23(20,21)14-9-8-13(22-14)10-11-17-15(16-5)18-12(3)4;/h8-9,12H,6-7,10-11H2,1-5H3,(H2,16,17,18);1H. The van der Waals surface area contributed by atoms with Crippen LogP contribution in [0.15, 0.2) is 21.3 Å². The Balaban J connectivity index is 0.00000529. The SMILES string of the molecule is CCN(CC)S(=O)(=O)c1ccc(CCNC(=NC)NC(C)C)s1.I. The number of aliphatic imine (C=N–C) groups is 1. The summed E-state index contributed by atoms with van der Waals surface area (Å²) in [5.41, 5.74) is 0. The van der Waals surface area contributed by atoms with Crippen LogP contribution in [0.4, 0.5) is 0 Å². The maximum absolute atomic E-state index is 12.4. The molecule has 9 heteroatoms. The Kier molecular flexibility index (Phi) is 11.1. The number of guanidine groups is 1. The molecular formula is C15H29IN4O2S2. The average molecular weight is 488 g/mol. The van der Waals surface area contributed by atoms with Crippen molar-refractivity contribution in [2.45, 2.75) is 44.4 Å². The van der Waals surface area contributed by atoms with Gasteiger partial charge in [0.05, 0.1) is 0 Å². The molecule has 0 saturated carbocycles. The zero-order valence-corrected chi connectivity index (χ0v) is 19.0. The molecule has 1 heterocycles. The molecule has 0 aliphatic rings. The topological polar surface area (TPSA) is 73.8 Å². The lowest BCUT2D eigenvalue weighted by atomic mass is 10.3. The molecule has 1 aromatic rings. The van der Waals surface area contributed by atoms with Crippen molar-refractivity contribution in [3.63, 3.8) is 0 Å². The van der Waals surface area contributed by atoms with Crippen molar-refractivity contribution in [3.05, 3.63) is 17.0 Å². The van der Waals surface area contributed by atoms with Gasteiger partial charge in [-0.1, -0.05) is 13.8 Å². The van der Waals surface area contributed by atoms with Crippen LogP contribution >= 0.6 is 35.3 Å². The van der Waals surface area contributed by atoms with E-state index in [1.165, 1.54) is 15.6 Å². The van der Waals surface area contributed by atoms with Gasteiger partial charge in [-0.15, -0.1) is 35.3 Å². The fraction of sp³-hybridized carbons (Fsp3) is 0.667. The van der Waals surface area contributed by atoms with E-state index in [0.29, 0.717) is 29.9 Å². The molecule has 0 radical (unpaired) electrons. The van der Waals surface area contributed by atoms with E-state index in [4.69, 9.17) is 0 Å². The second-order valence-electron chi connectivity index (χ2n) is 5.36. The smallest absolute Gasteiger partial charge is 0.252 e. The first-order chi connectivity index (χ1) is 10.8. The molecule has 2 N–H and O–H groups in total. The fourth-order valence-corrected chi connectivity index (χ4v) is 5.06. The highest BCUT2D eigenvalue weighted by Crippen LogP contribution is 2.25. The maximum Gasteiger partial charge on any atom is 0.252 e. The summed E-state index contributed by atoms with van der Waals surface area (Å²) in [6.07, 6.45) is 0.761. The molecule has 0 bridgehead atoms. The highest BCUT2D eigenvalue weighted by molar-refractivity contribution is 14.0. The van der Waals surface area contributed by atoms with Gasteiger partial charge < -0.3 is 10.6 Å². The molecule has 0 amide bonds. The number of thiophene rings is 1. The van der Waals surface area contributed by atoms with E-state index in [-0.39, 0.29) is 24.0 Å². The summed E-state index contributed by atoms with van der Waals surface area (Å²) in [6, 6.07) is 3.91. The Bertz CT molecular complexity index is 611. The van der Waals surface area contributed by atoms with Crippen molar-refractivity contribution >= 4 is 51.3 Å². The number of hydrogen-bond acceptors (Lipinski definition) is 4. The Morgan fingerprint density at radius 3 is 2.42 bits per heavy atom. The Labute approximate surface area is 167 Å². The molecular weight excluding hydrogens is 459 g/mol. The number of nitrogens with one attached hydrogen (secondary N) is 2. The van der Waals surface area contributed by atoms with Crippen LogP contribution in [0.25, 0.3) is 0 Å². The third-order valence-electron chi connectivity index (χ3n) is 3.25. The van der Waals surface area contributed by atoms with Gasteiger partial charge in [0.2, 0.25) is 0 Å². The van der Waals surface area contributed by atoms with Crippen LogP contribution in [-0.4, -0.2) is 51.4 Å². The monoisotopic (exact) mass is 488 g/mol. The molecule has 0 aliphatic heterocycles. The predicted molar refractivity (Wildman–Crippen MR) is 113 cm³/mol. The molecule has 140 valence electrons. The Morgan fingerprint density at radius 1 is 1.29 bits per heavy atom. The molecule has 0 aliphatic carbocycles. The number of rotatable bonds is 8. The van der Waals surface area contributed by atoms with Gasteiger partial charge in [0, 0.05) is 37.6 Å². The van der Waals surface area contributed by atoms with E-state index in [2.05, 4.69) is 29.5 Å². The molecule has 0 unspecified atom stereocenters. The third-order valence-corrected chi connectivity index (χ3v) is 6.91. The maximum atomic E-state index is 12.4. The van der Waals surface area contributed by atoms with Crippen LogP contribution in [0.2, 0.25) is 0 Å². The quantitative estimate of drug-likeness (QED) is 0.335. The normalized spacial score (nSPS) is 12.4. The summed E-state index contributed by atoms with van der Waals surface area (Å²) in [4.78, 5) is 5.19. The fourth-order valence-electron chi connectivity index (χ4n) is 2.09. The first-order valence-electron chi connectivity index (χ1n) is 7.91. The molecule has 1 rings (SSSR count). The lowest BCUT2D eigenvalue weighted by molar-refractivity contribution is 0.447. The number of sulfonamides is 1. The van der Waals surface area contributed by atoms with Gasteiger partial charge in [0.25, 0.3) is 10.0 Å². The van der Waals surface area contributed by atoms with Gasteiger partial charge >= 0.3 is 0 Å². The van der Waals surface area contributed by atoms with Gasteiger partial charge in [0.15, 0.2) is 5.96 Å². The first-order valence-corrected chi connectivity index (χ1v) is 10.2. The number of halogens is 1. The minimum Gasteiger partial charge on any atom is -0.356 e. The highest BCUT2D eigenvalue weighted by atomic mass is 127. The van der Waals surface area contributed by atoms with E-state index in [1.54, 1.807) is 13.1 Å². The van der Waals surface area contributed by atoms with Crippen LogP contribution < -0.4 is 10.6 Å². The zero-order valence-electron chi connectivity index (χ0n) is 15.0. The Hall–Kier alpha value is -0.390. The van der Waals surface area contributed by atoms with Crippen molar-refractivity contribution in [2.75, 3.05) is 26.7 Å². The van der Waals surface area contributed by atoms with Gasteiger partial charge in [-0.25, -0.2) is 8.42 Å². The third kappa shape index (κ3) is 6.85. The summed E-state index contributed by atoms with van der Waals surface area (Å²) in [5, 5.41) is 6.44. The van der Waals surface area contributed by atoms with Crippen LogP contribution in [-0.2, 0) is 16.4 Å². The minimum atomic E-state index is -3.35. The number of nitrogens with zero attached hydrogens (tertiary/aromatic N) is 2. The summed E-state index contributed by atoms with van der Waals surface area (Å²) >= 11 is 1.34. The van der Waals surface area contributed by atoms with Crippen molar-refractivity contribution in [3.8, 4) is 0 Å². The van der Waals surface area contributed by atoms with E-state index in [9.17, 15) is 8.42 Å². The molecule has 0 saturated heterocycles. The molecule has 0 spiro atoms. The van der Waals surface area contributed by atoms with Crippen molar-refractivity contribution in [1.29, 1.82) is 0 Å². The van der Waals surface area contributed by atoms with Crippen molar-refractivity contribution < 1.29 is 8.42 Å². The first kappa shape index (κ1) is 23.6. The molecule has 6 nitrogen and oxygen atoms in total. The summed E-state index contributed by atoms with van der Waals surface area (Å²) < 4.78 is 26.8. The highest BCUT2D eigenvalue weighted by Gasteiger charge is 2.23. The second kappa shape index (κ2) is 11.3. The molecule has 24 heavy (non-hydrogen) atoms. The van der Waals surface area contributed by atoms with E-state index in [0.717, 1.165) is 17.3 Å². The van der Waals surface area contributed by atoms with Gasteiger partial charge in [-0.05, 0) is 32.4 Å². The zero-order chi connectivity index (χ0) is 17.5. The van der Waals surface area contributed by atoms with E-state index >= 15 is 0 Å². The summed E-state index contributed by atoms with van der Waals surface area (Å²) in [7, 11) is -1.61. The molecule has 0 atom stereocenters. The summed E-state index contributed by atoms with van der Waals surface area (Å²) in [6.45, 7) is 9.50. The van der Waals surface area contributed by atoms with Crippen LogP contribution in [0.5, 0.6) is 0 Å². The van der Waals surface area contributed by atoms with Gasteiger partial charge in [-0.3, -0.25) is 4.99 Å². The molecule has 0 aromatic carbocycles. The van der Waals surface area contributed by atoms with Crippen LogP contribution in [0, 0.1) is 0 Å². The van der Waals surface area contributed by atoms with E-state index < -0.39 is 10.0 Å². The van der Waals surface area contributed by atoms with Crippen LogP contribution in [0.1, 0.15) is 32.6 Å². The van der Waals surface area contributed by atoms with E-state index in [1.807, 2.05) is 19.9 Å². The lowest BCUT2D eigenvalue weighted by Crippen LogP contribution is -2.41. The minimum absolute atomic E-state index is 0. The lowest BCUT2D eigenvalue weighted by Gasteiger charge is -2.16. The predicted octanol–water partition coefficient (Wildman–Crippen LogP) is 2.51. The van der Waals surface area contributed by atoms with Crippen molar-refractivity contribution in [2.24, 2.45) is 4.99 Å². The van der Waals surface area contributed by atoms with Crippen molar-refractivity contribution in [1.82, 2.24) is 14.9 Å². The summed E-state index contributed by atoms with van der Waals surface area (Å²) in [5.74, 6) is 0.757. The largest absolute Gasteiger partial charge is 0.356 e. The second-order valence-corrected chi connectivity index (χ2v) is 8.69. The van der Waals surface area contributed by atoms with Gasteiger partial charge in [0.1, 0.15) is 4.21 Å². The average Bonchev–Trinajstić information content (AvgIpc) is 2.96.